The normalized spacial score (nSPS) is 18.2. The Morgan fingerprint density at radius 3 is 1.95 bits per heavy atom. The summed E-state index contributed by atoms with van der Waals surface area (Å²) in [6.07, 6.45) is -0.987. The molecule has 1 aliphatic rings. The third-order valence-corrected chi connectivity index (χ3v) is 10.3. The summed E-state index contributed by atoms with van der Waals surface area (Å²) in [4.78, 5) is 0.106. The van der Waals surface area contributed by atoms with Crippen molar-refractivity contribution >= 4 is 20.2 Å². The number of nitrogens with one attached hydrogen (secondary N) is 1. The minimum absolute atomic E-state index is 0.0303. The second-order valence-corrected chi connectivity index (χ2v) is 14.1. The summed E-state index contributed by atoms with van der Waals surface area (Å²) in [5.41, 5.74) is 11.2. The lowest BCUT2D eigenvalue weighted by Gasteiger charge is -2.28. The van der Waals surface area contributed by atoms with Crippen molar-refractivity contribution in [2.24, 2.45) is 5.73 Å². The van der Waals surface area contributed by atoms with Gasteiger partial charge in [-0.15, -0.1) is 0 Å². The second-order valence-electron chi connectivity index (χ2n) is 10.9. The van der Waals surface area contributed by atoms with Crippen LogP contribution in [0.1, 0.15) is 33.9 Å². The molecule has 0 heterocycles. The van der Waals surface area contributed by atoms with E-state index in [9.17, 15) is 16.8 Å². The number of aryl methyl sites for hydroxylation is 2. The van der Waals surface area contributed by atoms with Crippen LogP contribution >= 0.6 is 0 Å². The highest BCUT2D eigenvalue weighted by atomic mass is 32.2. The van der Waals surface area contributed by atoms with Gasteiger partial charge in [0, 0.05) is 19.0 Å². The highest BCUT2D eigenvalue weighted by molar-refractivity contribution is 7.87. The van der Waals surface area contributed by atoms with E-state index in [1.165, 1.54) is 24.3 Å². The van der Waals surface area contributed by atoms with Crippen LogP contribution in [0.3, 0.4) is 0 Å². The Balaban J connectivity index is 1.40. The fraction of sp³-hybridized carbons (Fsp3) is 0.273. The van der Waals surface area contributed by atoms with Gasteiger partial charge in [0.2, 0.25) is 0 Å². The second kappa shape index (κ2) is 13.1. The molecule has 0 spiro atoms. The Morgan fingerprint density at radius 2 is 1.33 bits per heavy atom. The Labute approximate surface area is 254 Å². The number of nitrogens with two attached hydrogens (primary N) is 1. The van der Waals surface area contributed by atoms with Crippen molar-refractivity contribution in [3.05, 3.63) is 131 Å². The summed E-state index contributed by atoms with van der Waals surface area (Å²) in [7, 11) is -8.22. The fourth-order valence-electron chi connectivity index (χ4n) is 5.25. The molecule has 4 atom stereocenters. The number of fused-ring (bicyclic) bond motifs is 1. The first-order chi connectivity index (χ1) is 20.5. The molecule has 0 unspecified atom stereocenters. The molecule has 0 aliphatic heterocycles. The minimum Gasteiger partial charge on any atom is -0.325 e. The van der Waals surface area contributed by atoms with Crippen molar-refractivity contribution < 1.29 is 25.2 Å². The van der Waals surface area contributed by atoms with E-state index in [1.807, 2.05) is 68.4 Å². The molecule has 8 nitrogen and oxygen atoms in total. The van der Waals surface area contributed by atoms with Crippen molar-refractivity contribution in [3.8, 4) is 0 Å². The predicted molar refractivity (Wildman–Crippen MR) is 165 cm³/mol. The molecule has 0 radical (unpaired) electrons. The van der Waals surface area contributed by atoms with E-state index in [0.29, 0.717) is 12.8 Å². The third kappa shape index (κ3) is 7.59. The van der Waals surface area contributed by atoms with Gasteiger partial charge >= 0.3 is 0 Å². The zero-order valence-electron chi connectivity index (χ0n) is 24.1. The lowest BCUT2D eigenvalue weighted by atomic mass is 10.0. The van der Waals surface area contributed by atoms with Crippen LogP contribution in [-0.4, -0.2) is 41.6 Å². The maximum atomic E-state index is 13.3. The van der Waals surface area contributed by atoms with E-state index in [0.717, 1.165) is 27.8 Å². The predicted octanol–water partition coefficient (Wildman–Crippen LogP) is 4.61. The molecule has 4 aromatic rings. The Kier molecular flexibility index (Phi) is 9.45. The first kappa shape index (κ1) is 31.1. The van der Waals surface area contributed by atoms with Gasteiger partial charge in [-0.05, 0) is 61.2 Å². The van der Waals surface area contributed by atoms with E-state index in [4.69, 9.17) is 14.1 Å². The Hall–Kier alpha value is -3.38. The van der Waals surface area contributed by atoms with E-state index in [-0.39, 0.29) is 16.3 Å². The summed E-state index contributed by atoms with van der Waals surface area (Å²) in [5, 5.41) is 3.36. The van der Waals surface area contributed by atoms with E-state index in [2.05, 4.69) is 5.32 Å². The molecular formula is C33H36N2O6S2. The third-order valence-electron chi connectivity index (χ3n) is 7.63. The van der Waals surface area contributed by atoms with Crippen LogP contribution in [-0.2, 0) is 41.4 Å². The molecule has 0 saturated heterocycles. The Morgan fingerprint density at radius 1 is 0.767 bits per heavy atom. The number of hydrogen-bond donors (Lipinski definition) is 2. The summed E-state index contributed by atoms with van der Waals surface area (Å²) in [5.74, 6) is 0. The topological polar surface area (TPSA) is 125 Å². The van der Waals surface area contributed by atoms with Gasteiger partial charge in [-0.25, -0.2) is 0 Å². The van der Waals surface area contributed by atoms with Crippen LogP contribution in [0, 0.1) is 13.8 Å². The van der Waals surface area contributed by atoms with E-state index in [1.54, 1.807) is 24.3 Å². The van der Waals surface area contributed by atoms with Crippen LogP contribution in [0.2, 0.25) is 0 Å². The van der Waals surface area contributed by atoms with Gasteiger partial charge in [0.1, 0.15) is 12.2 Å². The zero-order valence-corrected chi connectivity index (χ0v) is 25.7. The molecule has 5 rings (SSSR count). The minimum atomic E-state index is -4.15. The van der Waals surface area contributed by atoms with E-state index < -0.39 is 44.5 Å². The van der Waals surface area contributed by atoms with Crippen LogP contribution in [0.25, 0.3) is 0 Å². The standard InChI is InChI=1S/C33H36N2O6S2/c1-23-12-16-27(17-13-23)42(36,37)40-31-21-26-10-6-7-11-29(26)33(31)35-22-32(30(34)20-25-8-4-3-5-9-25)41-43(38,39)28-18-14-24(2)15-19-28/h3-19,30-33,35H,20-22,34H2,1-2H3/t30-,31+,32+,33-/m0/s1. The molecule has 3 N–H and O–H groups in total. The van der Waals surface area contributed by atoms with Gasteiger partial charge in [-0.3, -0.25) is 8.37 Å². The molecule has 10 heteroatoms. The summed E-state index contributed by atoms with van der Waals surface area (Å²) >= 11 is 0. The van der Waals surface area contributed by atoms with Crippen molar-refractivity contribution in [1.29, 1.82) is 0 Å². The van der Waals surface area contributed by atoms with Crippen molar-refractivity contribution in [3.63, 3.8) is 0 Å². The van der Waals surface area contributed by atoms with Crippen molar-refractivity contribution in [2.45, 2.75) is 60.8 Å². The van der Waals surface area contributed by atoms with E-state index >= 15 is 0 Å². The molecule has 4 aromatic carbocycles. The molecule has 226 valence electrons. The molecule has 0 fully saturated rings. The zero-order chi connectivity index (χ0) is 30.6. The lowest BCUT2D eigenvalue weighted by Crippen LogP contribution is -2.47. The maximum absolute atomic E-state index is 13.3. The maximum Gasteiger partial charge on any atom is 0.297 e. The van der Waals surface area contributed by atoms with Crippen LogP contribution in [0.5, 0.6) is 0 Å². The Bertz CT molecular complexity index is 1740. The summed E-state index contributed by atoms with van der Waals surface area (Å²) in [6, 6.07) is 28.8. The van der Waals surface area contributed by atoms with Crippen LogP contribution in [0.4, 0.5) is 0 Å². The lowest BCUT2D eigenvalue weighted by molar-refractivity contribution is 0.140. The molecule has 0 saturated carbocycles. The first-order valence-corrected chi connectivity index (χ1v) is 16.9. The fourth-order valence-corrected chi connectivity index (χ4v) is 7.46. The molecule has 0 aromatic heterocycles. The molecule has 43 heavy (non-hydrogen) atoms. The largest absolute Gasteiger partial charge is 0.325 e. The smallest absolute Gasteiger partial charge is 0.297 e. The number of rotatable bonds is 12. The molecule has 0 amide bonds. The van der Waals surface area contributed by atoms with Gasteiger partial charge in [0.25, 0.3) is 20.2 Å². The van der Waals surface area contributed by atoms with Gasteiger partial charge in [0.05, 0.1) is 15.8 Å². The highest BCUT2D eigenvalue weighted by Crippen LogP contribution is 2.35. The van der Waals surface area contributed by atoms with Crippen LogP contribution < -0.4 is 11.1 Å². The van der Waals surface area contributed by atoms with Crippen molar-refractivity contribution in [1.82, 2.24) is 5.32 Å². The summed E-state index contributed by atoms with van der Waals surface area (Å²) in [6.45, 7) is 3.78. The van der Waals surface area contributed by atoms with Gasteiger partial charge < -0.3 is 11.1 Å². The molecule has 0 bridgehead atoms. The van der Waals surface area contributed by atoms with Crippen molar-refractivity contribution in [2.75, 3.05) is 6.54 Å². The van der Waals surface area contributed by atoms with Gasteiger partial charge in [-0.1, -0.05) is 90.0 Å². The average molecular weight is 621 g/mol. The number of hydrogen-bond acceptors (Lipinski definition) is 8. The monoisotopic (exact) mass is 620 g/mol. The quantitative estimate of drug-likeness (QED) is 0.220. The number of benzene rings is 4. The van der Waals surface area contributed by atoms with Crippen LogP contribution in [0.15, 0.2) is 113 Å². The summed E-state index contributed by atoms with van der Waals surface area (Å²) < 4.78 is 64.7. The molecule has 1 aliphatic carbocycles. The SMILES string of the molecule is Cc1ccc(S(=O)(=O)O[C@H](CN[C@H]2c3ccccc3C[C@H]2OS(=O)(=O)c2ccc(C)cc2)[C@@H](N)Cc2ccccc2)cc1. The average Bonchev–Trinajstić information content (AvgIpc) is 3.32. The van der Waals surface area contributed by atoms with Gasteiger partial charge in [-0.2, -0.15) is 16.8 Å². The molecular weight excluding hydrogens is 585 g/mol. The highest BCUT2D eigenvalue weighted by Gasteiger charge is 2.38. The van der Waals surface area contributed by atoms with Gasteiger partial charge in [0.15, 0.2) is 0 Å². The first-order valence-electron chi connectivity index (χ1n) is 14.1.